The molecular formula is C9H22N2. The standard InChI is InChI=1S/C9H22N2/c1-5-8(3)11(4)7-9(10)6-2/h8-9H,5-7,10H2,1-4H3. The molecule has 0 rings (SSSR count). The lowest BCUT2D eigenvalue weighted by molar-refractivity contribution is 0.235. The first-order valence-corrected chi connectivity index (χ1v) is 4.57. The average Bonchev–Trinajstić information content (AvgIpc) is 2.02. The summed E-state index contributed by atoms with van der Waals surface area (Å²) in [5.74, 6) is 0. The molecule has 0 aromatic heterocycles. The zero-order valence-corrected chi connectivity index (χ0v) is 8.30. The van der Waals surface area contributed by atoms with E-state index in [0.717, 1.165) is 13.0 Å². The largest absolute Gasteiger partial charge is 0.327 e. The lowest BCUT2D eigenvalue weighted by Gasteiger charge is -2.25. The van der Waals surface area contributed by atoms with Crippen LogP contribution in [0.1, 0.15) is 33.6 Å². The van der Waals surface area contributed by atoms with Crippen LogP contribution in [0.25, 0.3) is 0 Å². The summed E-state index contributed by atoms with van der Waals surface area (Å²) in [6, 6.07) is 1.00. The first kappa shape index (κ1) is 10.9. The Morgan fingerprint density at radius 3 is 2.18 bits per heavy atom. The van der Waals surface area contributed by atoms with Crippen LogP contribution in [0.15, 0.2) is 0 Å². The van der Waals surface area contributed by atoms with Crippen LogP contribution >= 0.6 is 0 Å². The maximum absolute atomic E-state index is 5.82. The fourth-order valence-electron chi connectivity index (χ4n) is 0.991. The minimum absolute atomic E-state index is 0.342. The van der Waals surface area contributed by atoms with Gasteiger partial charge < -0.3 is 10.6 Å². The molecule has 0 spiro atoms. The normalized spacial score (nSPS) is 16.9. The lowest BCUT2D eigenvalue weighted by atomic mass is 10.2. The molecule has 2 heteroatoms. The second-order valence-electron chi connectivity index (χ2n) is 3.37. The summed E-state index contributed by atoms with van der Waals surface area (Å²) in [7, 11) is 2.14. The van der Waals surface area contributed by atoms with E-state index in [0.29, 0.717) is 12.1 Å². The number of likely N-dealkylation sites (N-methyl/N-ethyl adjacent to an activating group) is 1. The van der Waals surface area contributed by atoms with Crippen molar-refractivity contribution in [1.82, 2.24) is 4.90 Å². The van der Waals surface area contributed by atoms with Crippen LogP contribution < -0.4 is 5.73 Å². The molecule has 0 amide bonds. The highest BCUT2D eigenvalue weighted by atomic mass is 15.1. The fraction of sp³-hybridized carbons (Fsp3) is 1.00. The summed E-state index contributed by atoms with van der Waals surface area (Å²) in [4.78, 5) is 2.33. The van der Waals surface area contributed by atoms with Crippen LogP contribution in [0, 0.1) is 0 Å². The molecule has 0 fully saturated rings. The van der Waals surface area contributed by atoms with Crippen LogP contribution in [0.5, 0.6) is 0 Å². The second-order valence-corrected chi connectivity index (χ2v) is 3.37. The van der Waals surface area contributed by atoms with Crippen molar-refractivity contribution in [2.75, 3.05) is 13.6 Å². The van der Waals surface area contributed by atoms with E-state index in [1.54, 1.807) is 0 Å². The molecular weight excluding hydrogens is 136 g/mol. The van der Waals surface area contributed by atoms with E-state index in [4.69, 9.17) is 5.73 Å². The Balaban J connectivity index is 3.58. The number of nitrogens with zero attached hydrogens (tertiary/aromatic N) is 1. The first-order valence-electron chi connectivity index (χ1n) is 4.57. The number of rotatable bonds is 5. The van der Waals surface area contributed by atoms with Gasteiger partial charge in [0.2, 0.25) is 0 Å². The summed E-state index contributed by atoms with van der Waals surface area (Å²) in [5.41, 5.74) is 5.82. The van der Waals surface area contributed by atoms with Gasteiger partial charge in [-0.3, -0.25) is 0 Å². The van der Waals surface area contributed by atoms with Crippen LogP contribution in [0.4, 0.5) is 0 Å². The van der Waals surface area contributed by atoms with Gasteiger partial charge in [-0.15, -0.1) is 0 Å². The molecule has 0 heterocycles. The summed E-state index contributed by atoms with van der Waals surface area (Å²) < 4.78 is 0. The molecule has 0 aliphatic heterocycles. The fourth-order valence-corrected chi connectivity index (χ4v) is 0.991. The van der Waals surface area contributed by atoms with Gasteiger partial charge >= 0.3 is 0 Å². The van der Waals surface area contributed by atoms with Crippen LogP contribution in [0.3, 0.4) is 0 Å². The van der Waals surface area contributed by atoms with Crippen molar-refractivity contribution in [3.8, 4) is 0 Å². The van der Waals surface area contributed by atoms with E-state index >= 15 is 0 Å². The van der Waals surface area contributed by atoms with Crippen LogP contribution in [-0.4, -0.2) is 30.6 Å². The van der Waals surface area contributed by atoms with E-state index in [2.05, 4.69) is 32.7 Å². The van der Waals surface area contributed by atoms with Crippen molar-refractivity contribution >= 4 is 0 Å². The highest BCUT2D eigenvalue weighted by Crippen LogP contribution is 2.01. The monoisotopic (exact) mass is 158 g/mol. The number of hydrogen-bond acceptors (Lipinski definition) is 2. The molecule has 2 nitrogen and oxygen atoms in total. The highest BCUT2D eigenvalue weighted by Gasteiger charge is 2.09. The smallest absolute Gasteiger partial charge is 0.0165 e. The minimum atomic E-state index is 0.342. The molecule has 11 heavy (non-hydrogen) atoms. The van der Waals surface area contributed by atoms with Crippen molar-refractivity contribution in [2.45, 2.75) is 45.7 Å². The Hall–Kier alpha value is -0.0800. The summed E-state index contributed by atoms with van der Waals surface area (Å²) in [5, 5.41) is 0. The second kappa shape index (κ2) is 5.56. The number of nitrogens with two attached hydrogens (primary N) is 1. The minimum Gasteiger partial charge on any atom is -0.327 e. The van der Waals surface area contributed by atoms with Crippen molar-refractivity contribution in [3.05, 3.63) is 0 Å². The molecule has 0 radical (unpaired) electrons. The summed E-state index contributed by atoms with van der Waals surface area (Å²) >= 11 is 0. The molecule has 0 saturated heterocycles. The third-order valence-corrected chi connectivity index (χ3v) is 2.39. The van der Waals surface area contributed by atoms with Gasteiger partial charge in [0.05, 0.1) is 0 Å². The van der Waals surface area contributed by atoms with Gasteiger partial charge in [-0.1, -0.05) is 13.8 Å². The molecule has 0 aliphatic carbocycles. The van der Waals surface area contributed by atoms with Gasteiger partial charge in [-0.2, -0.15) is 0 Å². The predicted octanol–water partition coefficient (Wildman–Crippen LogP) is 1.45. The van der Waals surface area contributed by atoms with E-state index in [1.165, 1.54) is 6.42 Å². The maximum atomic E-state index is 5.82. The molecule has 0 aliphatic rings. The Kier molecular flexibility index (Phi) is 5.51. The van der Waals surface area contributed by atoms with Crippen LogP contribution in [0.2, 0.25) is 0 Å². The van der Waals surface area contributed by atoms with Crippen LogP contribution in [-0.2, 0) is 0 Å². The molecule has 2 unspecified atom stereocenters. The van der Waals surface area contributed by atoms with E-state index in [-0.39, 0.29) is 0 Å². The Morgan fingerprint density at radius 1 is 1.27 bits per heavy atom. The topological polar surface area (TPSA) is 29.3 Å². The third-order valence-electron chi connectivity index (χ3n) is 2.39. The Labute approximate surface area is 70.8 Å². The van der Waals surface area contributed by atoms with Gasteiger partial charge in [-0.05, 0) is 26.8 Å². The third kappa shape index (κ3) is 4.38. The van der Waals surface area contributed by atoms with Crippen molar-refractivity contribution < 1.29 is 0 Å². The molecule has 2 atom stereocenters. The SMILES string of the molecule is CCC(N)CN(C)C(C)CC. The van der Waals surface area contributed by atoms with E-state index in [9.17, 15) is 0 Å². The first-order chi connectivity index (χ1) is 5.11. The van der Waals surface area contributed by atoms with Crippen molar-refractivity contribution in [2.24, 2.45) is 5.73 Å². The quantitative estimate of drug-likeness (QED) is 0.656. The number of hydrogen-bond donors (Lipinski definition) is 1. The Bertz CT molecular complexity index is 93.6. The molecule has 0 saturated carbocycles. The summed E-state index contributed by atoms with van der Waals surface area (Å²) in [6.07, 6.45) is 2.27. The molecule has 0 bridgehead atoms. The van der Waals surface area contributed by atoms with Crippen molar-refractivity contribution in [1.29, 1.82) is 0 Å². The lowest BCUT2D eigenvalue weighted by Crippen LogP contribution is -2.39. The van der Waals surface area contributed by atoms with Crippen molar-refractivity contribution in [3.63, 3.8) is 0 Å². The van der Waals surface area contributed by atoms with Gasteiger partial charge in [0.15, 0.2) is 0 Å². The maximum Gasteiger partial charge on any atom is 0.0165 e. The molecule has 68 valence electrons. The Morgan fingerprint density at radius 2 is 1.82 bits per heavy atom. The zero-order chi connectivity index (χ0) is 8.85. The highest BCUT2D eigenvalue weighted by molar-refractivity contribution is 4.67. The molecule has 0 aromatic rings. The molecule has 2 N–H and O–H groups in total. The molecule has 0 aromatic carbocycles. The van der Waals surface area contributed by atoms with E-state index < -0.39 is 0 Å². The average molecular weight is 158 g/mol. The van der Waals surface area contributed by atoms with Gasteiger partial charge in [0.1, 0.15) is 0 Å². The summed E-state index contributed by atoms with van der Waals surface area (Å²) in [6.45, 7) is 7.60. The van der Waals surface area contributed by atoms with E-state index in [1.807, 2.05) is 0 Å². The zero-order valence-electron chi connectivity index (χ0n) is 8.30. The predicted molar refractivity (Wildman–Crippen MR) is 50.6 cm³/mol. The van der Waals surface area contributed by atoms with Gasteiger partial charge in [-0.25, -0.2) is 0 Å². The van der Waals surface area contributed by atoms with Gasteiger partial charge in [0.25, 0.3) is 0 Å². The van der Waals surface area contributed by atoms with Gasteiger partial charge in [0, 0.05) is 18.6 Å².